The molecule has 0 aromatic carbocycles. The van der Waals surface area contributed by atoms with Gasteiger partial charge in [-0.2, -0.15) is 0 Å². The highest BCUT2D eigenvalue weighted by atomic mass is 32.2. The predicted octanol–water partition coefficient (Wildman–Crippen LogP) is 0.743. The number of nitrogens with one attached hydrogen (secondary N) is 1. The van der Waals surface area contributed by atoms with Crippen LogP contribution in [0.1, 0.15) is 26.2 Å². The second-order valence-electron chi connectivity index (χ2n) is 5.26. The zero-order valence-electron chi connectivity index (χ0n) is 11.1. The van der Waals surface area contributed by atoms with E-state index in [2.05, 4.69) is 17.1 Å². The van der Waals surface area contributed by atoms with Crippen LogP contribution in [-0.4, -0.2) is 58.1 Å². The molecule has 102 valence electrons. The maximum absolute atomic E-state index is 10.9. The molecular formula is C12H26N2O2S. The van der Waals surface area contributed by atoms with Crippen LogP contribution in [0.2, 0.25) is 0 Å². The summed E-state index contributed by atoms with van der Waals surface area (Å²) in [6.07, 6.45) is 5.22. The van der Waals surface area contributed by atoms with Gasteiger partial charge in [0.1, 0.15) is 9.84 Å². The largest absolute Gasteiger partial charge is 0.314 e. The van der Waals surface area contributed by atoms with Crippen LogP contribution >= 0.6 is 0 Å². The van der Waals surface area contributed by atoms with Crippen LogP contribution < -0.4 is 5.32 Å². The molecule has 17 heavy (non-hydrogen) atoms. The number of rotatable bonds is 6. The van der Waals surface area contributed by atoms with Gasteiger partial charge in [0.2, 0.25) is 0 Å². The van der Waals surface area contributed by atoms with Gasteiger partial charge in [0.15, 0.2) is 0 Å². The number of sulfone groups is 1. The highest BCUT2D eigenvalue weighted by molar-refractivity contribution is 7.90. The van der Waals surface area contributed by atoms with E-state index in [9.17, 15) is 8.42 Å². The summed E-state index contributed by atoms with van der Waals surface area (Å²) in [5.41, 5.74) is 0. The van der Waals surface area contributed by atoms with Gasteiger partial charge < -0.3 is 10.2 Å². The van der Waals surface area contributed by atoms with E-state index in [1.165, 1.54) is 38.6 Å². The second-order valence-corrected chi connectivity index (χ2v) is 7.52. The van der Waals surface area contributed by atoms with Crippen LogP contribution in [-0.2, 0) is 9.84 Å². The van der Waals surface area contributed by atoms with Gasteiger partial charge in [-0.15, -0.1) is 0 Å². The number of hydrogen-bond acceptors (Lipinski definition) is 4. The van der Waals surface area contributed by atoms with E-state index < -0.39 is 9.84 Å². The molecule has 0 saturated carbocycles. The summed E-state index contributed by atoms with van der Waals surface area (Å²) in [5.74, 6) is 1.10. The molecule has 1 heterocycles. The maximum atomic E-state index is 10.9. The van der Waals surface area contributed by atoms with Crippen LogP contribution in [0.25, 0.3) is 0 Å². The van der Waals surface area contributed by atoms with E-state index in [4.69, 9.17) is 0 Å². The number of nitrogens with zero attached hydrogens (tertiary/aromatic N) is 1. The minimum absolute atomic E-state index is 0.240. The molecule has 0 spiro atoms. The molecule has 1 fully saturated rings. The van der Waals surface area contributed by atoms with Crippen LogP contribution in [0, 0.1) is 5.92 Å². The molecule has 0 aliphatic carbocycles. The standard InChI is InChI=1S/C12H26N2O2S/c1-12-4-3-8-14(9-5-12)10-6-13-7-11-17(2,15)16/h12-13H,3-11H2,1-2H3. The first-order valence-corrected chi connectivity index (χ1v) is 8.64. The minimum Gasteiger partial charge on any atom is -0.314 e. The lowest BCUT2D eigenvalue weighted by Gasteiger charge is -2.19. The van der Waals surface area contributed by atoms with Crippen molar-refractivity contribution < 1.29 is 8.42 Å². The Morgan fingerprint density at radius 2 is 2.00 bits per heavy atom. The van der Waals surface area contributed by atoms with Gasteiger partial charge in [0.25, 0.3) is 0 Å². The van der Waals surface area contributed by atoms with Gasteiger partial charge in [-0.25, -0.2) is 8.42 Å². The molecule has 0 aromatic rings. The van der Waals surface area contributed by atoms with E-state index in [0.29, 0.717) is 6.54 Å². The van der Waals surface area contributed by atoms with Gasteiger partial charge in [0.05, 0.1) is 5.75 Å². The van der Waals surface area contributed by atoms with Gasteiger partial charge in [-0.1, -0.05) is 6.92 Å². The third kappa shape index (κ3) is 7.73. The maximum Gasteiger partial charge on any atom is 0.148 e. The van der Waals surface area contributed by atoms with Gasteiger partial charge in [0, 0.05) is 25.9 Å². The van der Waals surface area contributed by atoms with Crippen LogP contribution in [0.3, 0.4) is 0 Å². The second kappa shape index (κ2) is 7.34. The Kier molecular flexibility index (Phi) is 6.44. The number of likely N-dealkylation sites (tertiary alicyclic amines) is 1. The summed E-state index contributed by atoms with van der Waals surface area (Å²) in [6.45, 7) is 7.21. The van der Waals surface area contributed by atoms with E-state index in [0.717, 1.165) is 19.0 Å². The molecule has 0 bridgehead atoms. The van der Waals surface area contributed by atoms with Crippen molar-refractivity contribution >= 4 is 9.84 Å². The zero-order valence-corrected chi connectivity index (χ0v) is 11.9. The van der Waals surface area contributed by atoms with Crippen molar-refractivity contribution in [3.8, 4) is 0 Å². The predicted molar refractivity (Wildman–Crippen MR) is 72.0 cm³/mol. The van der Waals surface area contributed by atoms with E-state index in [1.54, 1.807) is 0 Å². The summed E-state index contributed by atoms with van der Waals surface area (Å²) in [5, 5.41) is 3.20. The third-order valence-corrected chi connectivity index (χ3v) is 4.31. The quantitative estimate of drug-likeness (QED) is 0.718. The van der Waals surface area contributed by atoms with Gasteiger partial charge in [-0.05, 0) is 38.3 Å². The average Bonchev–Trinajstić information content (AvgIpc) is 2.41. The van der Waals surface area contributed by atoms with Crippen molar-refractivity contribution in [2.75, 3.05) is 44.7 Å². The summed E-state index contributed by atoms with van der Waals surface area (Å²) in [6, 6.07) is 0. The van der Waals surface area contributed by atoms with E-state index in [-0.39, 0.29) is 5.75 Å². The molecule has 5 heteroatoms. The molecule has 0 amide bonds. The highest BCUT2D eigenvalue weighted by Gasteiger charge is 2.12. The summed E-state index contributed by atoms with van der Waals surface area (Å²) in [7, 11) is -2.82. The molecule has 1 aliphatic heterocycles. The van der Waals surface area contributed by atoms with Crippen molar-refractivity contribution in [3.63, 3.8) is 0 Å². The van der Waals surface area contributed by atoms with Crippen LogP contribution in [0.15, 0.2) is 0 Å². The molecule has 4 nitrogen and oxygen atoms in total. The average molecular weight is 262 g/mol. The molecule has 1 N–H and O–H groups in total. The lowest BCUT2D eigenvalue weighted by molar-refractivity contribution is 0.282. The molecule has 1 rings (SSSR count). The fourth-order valence-electron chi connectivity index (χ4n) is 2.17. The smallest absolute Gasteiger partial charge is 0.148 e. The third-order valence-electron chi connectivity index (χ3n) is 3.36. The zero-order chi connectivity index (χ0) is 12.7. The summed E-state index contributed by atoms with van der Waals surface area (Å²) >= 11 is 0. The highest BCUT2D eigenvalue weighted by Crippen LogP contribution is 2.15. The molecule has 1 aliphatic rings. The molecule has 0 radical (unpaired) electrons. The van der Waals surface area contributed by atoms with Crippen molar-refractivity contribution in [2.45, 2.75) is 26.2 Å². The van der Waals surface area contributed by atoms with Crippen molar-refractivity contribution in [1.82, 2.24) is 10.2 Å². The SMILES string of the molecule is CC1CCCN(CCNCCS(C)(=O)=O)CC1. The Labute approximate surface area is 106 Å². The normalized spacial score (nSPS) is 23.5. The Hall–Kier alpha value is -0.130. The Morgan fingerprint density at radius 3 is 2.71 bits per heavy atom. The first-order chi connectivity index (χ1) is 7.97. The van der Waals surface area contributed by atoms with Gasteiger partial charge in [-0.3, -0.25) is 0 Å². The Bertz CT molecular complexity index is 304. The fourth-order valence-corrected chi connectivity index (χ4v) is 2.68. The fraction of sp³-hybridized carbons (Fsp3) is 1.00. The topological polar surface area (TPSA) is 49.4 Å². The van der Waals surface area contributed by atoms with Crippen LogP contribution in [0.5, 0.6) is 0 Å². The van der Waals surface area contributed by atoms with E-state index in [1.807, 2.05) is 0 Å². The lowest BCUT2D eigenvalue weighted by atomic mass is 10.0. The molecule has 1 unspecified atom stereocenters. The first kappa shape index (κ1) is 14.9. The summed E-state index contributed by atoms with van der Waals surface area (Å²) < 4.78 is 21.9. The lowest BCUT2D eigenvalue weighted by Crippen LogP contribution is -2.34. The molecule has 1 saturated heterocycles. The monoisotopic (exact) mass is 262 g/mol. The van der Waals surface area contributed by atoms with E-state index >= 15 is 0 Å². The minimum atomic E-state index is -2.82. The van der Waals surface area contributed by atoms with Crippen molar-refractivity contribution in [1.29, 1.82) is 0 Å². The Balaban J connectivity index is 2.06. The summed E-state index contributed by atoms with van der Waals surface area (Å²) in [4.78, 5) is 2.48. The molecule has 0 aromatic heterocycles. The Morgan fingerprint density at radius 1 is 1.24 bits per heavy atom. The van der Waals surface area contributed by atoms with Gasteiger partial charge >= 0.3 is 0 Å². The van der Waals surface area contributed by atoms with Crippen molar-refractivity contribution in [2.24, 2.45) is 5.92 Å². The molecular weight excluding hydrogens is 236 g/mol. The van der Waals surface area contributed by atoms with Crippen molar-refractivity contribution in [3.05, 3.63) is 0 Å². The first-order valence-electron chi connectivity index (χ1n) is 6.58. The van der Waals surface area contributed by atoms with Crippen LogP contribution in [0.4, 0.5) is 0 Å². The number of hydrogen-bond donors (Lipinski definition) is 1. The molecule has 1 atom stereocenters.